The van der Waals surface area contributed by atoms with Gasteiger partial charge in [-0.25, -0.2) is 0 Å². The lowest BCUT2D eigenvalue weighted by Gasteiger charge is -2.21. The van der Waals surface area contributed by atoms with Gasteiger partial charge in [0.15, 0.2) is 38.2 Å². The van der Waals surface area contributed by atoms with E-state index < -0.39 is 0 Å². The van der Waals surface area contributed by atoms with Crippen molar-refractivity contribution in [2.45, 2.75) is 63.9 Å². The van der Waals surface area contributed by atoms with Crippen molar-refractivity contribution in [3.63, 3.8) is 0 Å². The maximum Gasteiger partial charge on any atom is 0.493 e. The highest BCUT2D eigenvalue weighted by Gasteiger charge is 2.28. The molecule has 4 aromatic heterocycles. The standard InChI is InChI=1S/C35H40B2N2O6.C21H20BN2O2.C14H20BBrO4.3BrH/c1-41-36(42-2)30-9-3-8-27(21-30)24-38-14-4-10-32-33-11-5-15-39(35(33)13-12-34(32)38)25-28-20-29(26-43-17-6-16-40)23-31(22-28)37-44-18-7-19-45-37;1-25-22(26-2)17-7-3-6-16(14-17)15-24-13-5-9-19-18-8-4-12-23-20(18)10-11-21(19)24;16-10-12-7-13(11-18-4-1-3-17)9-14(8-12)15-19-5-2-6-20-15;;;/h3-5,8-15,20-23,40H,6-7,16-19,24-26H2,1-2H3;3-14H,15H2,1-2H3;7-9,17H,1-6,10-11H2;3*1H/q+2;+1;;;;/p-3. The van der Waals surface area contributed by atoms with Crippen LogP contribution in [0.2, 0.25) is 0 Å². The van der Waals surface area contributed by atoms with Crippen LogP contribution in [0, 0.1) is 0 Å². The molecule has 0 saturated carbocycles. The number of pyridine rings is 4. The third kappa shape index (κ3) is 20.6. The molecule has 0 aliphatic carbocycles. The van der Waals surface area contributed by atoms with Crippen LogP contribution in [0.5, 0.6) is 0 Å². The fourth-order valence-electron chi connectivity index (χ4n) is 11.7. The molecule has 12 rings (SSSR count). The Labute approximate surface area is 593 Å². The summed E-state index contributed by atoms with van der Waals surface area (Å²) >= 11 is 3.49. The number of hydrogen-bond acceptors (Lipinski definition) is 13. The van der Waals surface area contributed by atoms with E-state index in [-0.39, 0.29) is 92.6 Å². The van der Waals surface area contributed by atoms with E-state index >= 15 is 0 Å². The molecular formula is C70H80B4Br4N4O12. The van der Waals surface area contributed by atoms with Gasteiger partial charge in [0.25, 0.3) is 0 Å². The fraction of sp³-hybridized carbons (Fsp3) is 0.314. The van der Waals surface area contributed by atoms with E-state index in [0.29, 0.717) is 59.0 Å². The van der Waals surface area contributed by atoms with E-state index in [1.807, 2.05) is 36.5 Å². The topological polar surface area (TPSA) is 157 Å². The number of benzene rings is 6. The third-order valence-corrected chi connectivity index (χ3v) is 16.5. The summed E-state index contributed by atoms with van der Waals surface area (Å²) in [5, 5.41) is 23.4. The molecule has 0 atom stereocenters. The first-order valence-corrected chi connectivity index (χ1v) is 32.3. The quantitative estimate of drug-likeness (QED) is 0.0214. The molecule has 16 nitrogen and oxygen atoms in total. The van der Waals surface area contributed by atoms with Crippen molar-refractivity contribution in [1.82, 2.24) is 4.98 Å². The van der Waals surface area contributed by atoms with Crippen LogP contribution in [0.1, 0.15) is 59.1 Å². The Kier molecular flexibility index (Phi) is 32.2. The smallest absolute Gasteiger partial charge is 0.493 e. The molecule has 6 heterocycles. The average molecular weight is 1530 g/mol. The number of alkyl halides is 1. The molecule has 24 heteroatoms. The Balaban J connectivity index is 0.000000216. The molecule has 2 saturated heterocycles. The summed E-state index contributed by atoms with van der Waals surface area (Å²) in [7, 11) is 5.24. The lowest BCUT2D eigenvalue weighted by molar-refractivity contribution is -0.664. The van der Waals surface area contributed by atoms with Gasteiger partial charge in [0.1, 0.15) is 0 Å². The number of fused-ring (bicyclic) bond motifs is 6. The highest BCUT2D eigenvalue weighted by atomic mass is 79.9. The largest absolute Gasteiger partial charge is 1.00 e. The van der Waals surface area contributed by atoms with Crippen LogP contribution in [0.3, 0.4) is 0 Å². The minimum atomic E-state index is -0.389. The Morgan fingerprint density at radius 2 is 0.862 bits per heavy atom. The van der Waals surface area contributed by atoms with Crippen molar-refractivity contribution < 1.29 is 122 Å². The second-order valence-electron chi connectivity index (χ2n) is 22.4. The van der Waals surface area contributed by atoms with E-state index in [4.69, 9.17) is 56.9 Å². The molecule has 0 bridgehead atoms. The van der Waals surface area contributed by atoms with Gasteiger partial charge in [-0.1, -0.05) is 101 Å². The molecular weight excluding hydrogens is 1450 g/mol. The molecule has 0 radical (unpaired) electrons. The normalized spacial score (nSPS) is 12.9. The SMILES string of the molecule is COB(OC)c1cccc(C[n+]2cccc3c4ccc[n+](Cc5cc(COCCCO)cc(B6OCCCO6)c5)c4ccc32)c1.COB(OC)c1cccc(C[n+]2cccc3c4cccnc4ccc32)c1.OCCCOCc1cc(CBr)cc(B2OCCCO2)c1.[Br-].[Br-].[Br-]. The molecule has 492 valence electrons. The van der Waals surface area contributed by atoms with Gasteiger partial charge in [-0.3, -0.25) is 4.98 Å². The highest BCUT2D eigenvalue weighted by molar-refractivity contribution is 9.08. The van der Waals surface area contributed by atoms with Gasteiger partial charge in [0, 0.05) is 151 Å². The van der Waals surface area contributed by atoms with Gasteiger partial charge in [0.2, 0.25) is 16.6 Å². The number of aliphatic hydroxyl groups excluding tert-OH is 2. The predicted octanol–water partition coefficient (Wildman–Crippen LogP) is -1.98. The van der Waals surface area contributed by atoms with Gasteiger partial charge < -0.3 is 108 Å². The predicted molar refractivity (Wildman–Crippen MR) is 362 cm³/mol. The van der Waals surface area contributed by atoms with E-state index in [1.54, 1.807) is 28.4 Å². The summed E-state index contributed by atoms with van der Waals surface area (Å²) in [5.74, 6) is 0. The molecule has 2 aliphatic rings. The van der Waals surface area contributed by atoms with Crippen molar-refractivity contribution in [3.05, 3.63) is 216 Å². The fourth-order valence-corrected chi connectivity index (χ4v) is 12.0. The van der Waals surface area contributed by atoms with Crippen LogP contribution in [0.15, 0.2) is 183 Å². The van der Waals surface area contributed by atoms with Crippen molar-refractivity contribution >= 4 is 110 Å². The van der Waals surface area contributed by atoms with Crippen LogP contribution in [0.4, 0.5) is 0 Å². The second kappa shape index (κ2) is 39.8. The zero-order valence-electron chi connectivity index (χ0n) is 53.6. The number of halogens is 4. The van der Waals surface area contributed by atoms with Crippen molar-refractivity contribution in [2.24, 2.45) is 0 Å². The molecule has 2 fully saturated rings. The molecule has 0 unspecified atom stereocenters. The summed E-state index contributed by atoms with van der Waals surface area (Å²) in [6.07, 6.45) is 11.4. The molecule has 0 amide bonds. The number of ether oxygens (including phenoxy) is 2. The van der Waals surface area contributed by atoms with E-state index in [2.05, 4.69) is 181 Å². The van der Waals surface area contributed by atoms with Crippen molar-refractivity contribution in [1.29, 1.82) is 0 Å². The van der Waals surface area contributed by atoms with E-state index in [1.165, 1.54) is 49.3 Å². The van der Waals surface area contributed by atoms with Crippen molar-refractivity contribution in [2.75, 3.05) is 81.3 Å². The first kappa shape index (κ1) is 76.0. The molecule has 94 heavy (non-hydrogen) atoms. The molecule has 6 aromatic carbocycles. The summed E-state index contributed by atoms with van der Waals surface area (Å²) in [6, 6.07) is 55.1. The monoisotopic (exact) mass is 1530 g/mol. The number of aliphatic hydroxyl groups is 2. The minimum Gasteiger partial charge on any atom is -1.00 e. The maximum absolute atomic E-state index is 9.14. The van der Waals surface area contributed by atoms with Crippen LogP contribution in [0.25, 0.3) is 43.6 Å². The van der Waals surface area contributed by atoms with Gasteiger partial charge in [0.05, 0.1) is 34.9 Å². The highest BCUT2D eigenvalue weighted by Crippen LogP contribution is 2.24. The second-order valence-corrected chi connectivity index (χ2v) is 23.0. The van der Waals surface area contributed by atoms with Gasteiger partial charge in [-0.05, 0) is 101 Å². The first-order chi connectivity index (χ1) is 44.8. The zero-order chi connectivity index (χ0) is 63.2. The first-order valence-electron chi connectivity index (χ1n) is 31.1. The Hall–Kier alpha value is -5.34. The number of rotatable bonds is 25. The van der Waals surface area contributed by atoms with Gasteiger partial charge in [-0.15, -0.1) is 0 Å². The average Bonchev–Trinajstić information content (AvgIpc) is 0.777. The van der Waals surface area contributed by atoms with Crippen molar-refractivity contribution in [3.8, 4) is 0 Å². The summed E-state index contributed by atoms with van der Waals surface area (Å²) in [5.41, 5.74) is 15.5. The van der Waals surface area contributed by atoms with Crippen LogP contribution >= 0.6 is 15.9 Å². The van der Waals surface area contributed by atoms with E-state index in [9.17, 15) is 0 Å². The minimum absolute atomic E-state index is 0. The maximum atomic E-state index is 9.14. The zero-order valence-corrected chi connectivity index (χ0v) is 60.0. The van der Waals surface area contributed by atoms with Crippen LogP contribution < -0.4 is 86.5 Å². The molecule has 2 aliphatic heterocycles. The lowest BCUT2D eigenvalue weighted by atomic mass is 9.76. The van der Waals surface area contributed by atoms with E-state index in [0.717, 1.165) is 94.0 Å². The number of hydrogen-bond donors (Lipinski definition) is 2. The molecule has 2 N–H and O–H groups in total. The van der Waals surface area contributed by atoms with Crippen LogP contribution in [-0.2, 0) is 84.9 Å². The third-order valence-electron chi connectivity index (χ3n) is 15.9. The van der Waals surface area contributed by atoms with Crippen LogP contribution in [-0.4, -0.2) is 125 Å². The molecule has 0 spiro atoms. The number of aromatic nitrogens is 4. The summed E-state index contributed by atoms with van der Waals surface area (Å²) in [6.45, 7) is 7.44. The Morgan fingerprint density at radius 3 is 1.31 bits per heavy atom. The summed E-state index contributed by atoms with van der Waals surface area (Å²) in [4.78, 5) is 4.46. The summed E-state index contributed by atoms with van der Waals surface area (Å²) < 4.78 is 63.1. The Morgan fingerprint density at radius 1 is 0.457 bits per heavy atom. The Bertz CT molecular complexity index is 3970. The van der Waals surface area contributed by atoms with Gasteiger partial charge in [-0.2, -0.15) is 13.7 Å². The molecule has 10 aromatic rings. The number of nitrogens with zero attached hydrogens (tertiary/aromatic N) is 4. The van der Waals surface area contributed by atoms with Gasteiger partial charge >= 0.3 is 28.5 Å². The lowest BCUT2D eigenvalue weighted by Crippen LogP contribution is -3.00.